The standard InChI is InChI=1S/C14H17N3O4/c1-14(2,13(20)16-15)7-17-10-6-8(21-3)4-5-9(10)11(18)12(17)19/h4-6H,7,15H2,1-3H3,(H,16,20). The molecule has 0 unspecified atom stereocenters. The molecule has 0 radical (unpaired) electrons. The number of hydrogen-bond acceptors (Lipinski definition) is 5. The molecule has 3 N–H and O–H groups in total. The van der Waals surface area contributed by atoms with Gasteiger partial charge in [-0.25, -0.2) is 5.84 Å². The van der Waals surface area contributed by atoms with Gasteiger partial charge in [-0.3, -0.25) is 19.8 Å². The summed E-state index contributed by atoms with van der Waals surface area (Å²) in [4.78, 5) is 37.1. The second-order valence-corrected chi connectivity index (χ2v) is 5.46. The van der Waals surface area contributed by atoms with Crippen molar-refractivity contribution >= 4 is 23.3 Å². The van der Waals surface area contributed by atoms with Gasteiger partial charge in [0, 0.05) is 12.6 Å². The Hall–Kier alpha value is -2.41. The molecule has 0 saturated carbocycles. The summed E-state index contributed by atoms with van der Waals surface area (Å²) in [5, 5.41) is 0. The highest BCUT2D eigenvalue weighted by Crippen LogP contribution is 2.34. The molecule has 0 bridgehead atoms. The zero-order chi connectivity index (χ0) is 15.8. The summed E-state index contributed by atoms with van der Waals surface area (Å²) in [5.74, 6) is 4.01. The predicted molar refractivity (Wildman–Crippen MR) is 75.8 cm³/mol. The Bertz CT molecular complexity index is 625. The van der Waals surface area contributed by atoms with Crippen molar-refractivity contribution in [3.63, 3.8) is 0 Å². The molecule has 0 aromatic heterocycles. The molecule has 2 rings (SSSR count). The van der Waals surface area contributed by atoms with Crippen molar-refractivity contribution in [1.82, 2.24) is 5.43 Å². The van der Waals surface area contributed by atoms with Gasteiger partial charge in [-0.2, -0.15) is 0 Å². The fraction of sp³-hybridized carbons (Fsp3) is 0.357. The van der Waals surface area contributed by atoms with E-state index in [4.69, 9.17) is 10.6 Å². The lowest BCUT2D eigenvalue weighted by atomic mass is 9.91. The molecule has 1 heterocycles. The highest BCUT2D eigenvalue weighted by Gasteiger charge is 2.40. The molecule has 1 aliphatic heterocycles. The van der Waals surface area contributed by atoms with E-state index in [-0.39, 0.29) is 6.54 Å². The molecule has 1 aromatic rings. The second kappa shape index (κ2) is 5.17. The predicted octanol–water partition coefficient (Wildman–Crippen LogP) is 0.241. The largest absolute Gasteiger partial charge is 0.497 e. The smallest absolute Gasteiger partial charge is 0.299 e. The van der Waals surface area contributed by atoms with Crippen LogP contribution in [-0.2, 0) is 9.59 Å². The quantitative estimate of drug-likeness (QED) is 0.358. The number of carbonyl (C=O) groups is 3. The number of hydrogen-bond donors (Lipinski definition) is 2. The topological polar surface area (TPSA) is 102 Å². The van der Waals surface area contributed by atoms with E-state index in [1.54, 1.807) is 32.0 Å². The van der Waals surface area contributed by atoms with Crippen molar-refractivity contribution in [3.8, 4) is 5.75 Å². The Morgan fingerprint density at radius 1 is 1.38 bits per heavy atom. The first-order valence-corrected chi connectivity index (χ1v) is 6.37. The second-order valence-electron chi connectivity index (χ2n) is 5.46. The zero-order valence-corrected chi connectivity index (χ0v) is 12.1. The maximum atomic E-state index is 12.1. The lowest BCUT2D eigenvalue weighted by Gasteiger charge is -2.28. The van der Waals surface area contributed by atoms with Crippen molar-refractivity contribution < 1.29 is 19.1 Å². The van der Waals surface area contributed by atoms with Gasteiger partial charge in [0.05, 0.1) is 23.8 Å². The maximum Gasteiger partial charge on any atom is 0.299 e. The van der Waals surface area contributed by atoms with Gasteiger partial charge in [-0.05, 0) is 26.0 Å². The lowest BCUT2D eigenvalue weighted by Crippen LogP contribution is -2.48. The van der Waals surface area contributed by atoms with E-state index in [1.165, 1.54) is 12.0 Å². The minimum absolute atomic E-state index is 0.0424. The molecular weight excluding hydrogens is 274 g/mol. The van der Waals surface area contributed by atoms with E-state index in [0.717, 1.165) is 0 Å². The number of anilines is 1. The number of nitrogens with zero attached hydrogens (tertiary/aromatic N) is 1. The van der Waals surface area contributed by atoms with Gasteiger partial charge < -0.3 is 9.64 Å². The summed E-state index contributed by atoms with van der Waals surface area (Å²) in [7, 11) is 1.50. The SMILES string of the molecule is COc1ccc2c(c1)N(CC(C)(C)C(=O)NN)C(=O)C2=O. The number of hydrazine groups is 1. The first kappa shape index (κ1) is 15.0. The van der Waals surface area contributed by atoms with Gasteiger partial charge in [0.1, 0.15) is 5.75 Å². The van der Waals surface area contributed by atoms with Crippen LogP contribution in [-0.4, -0.2) is 31.3 Å². The van der Waals surface area contributed by atoms with Crippen LogP contribution in [0.1, 0.15) is 24.2 Å². The summed E-state index contributed by atoms with van der Waals surface area (Å²) < 4.78 is 5.11. The highest BCUT2D eigenvalue weighted by atomic mass is 16.5. The van der Waals surface area contributed by atoms with Crippen LogP contribution in [0.3, 0.4) is 0 Å². The van der Waals surface area contributed by atoms with E-state index in [9.17, 15) is 14.4 Å². The number of amides is 2. The van der Waals surface area contributed by atoms with Crippen LogP contribution in [0.5, 0.6) is 5.75 Å². The van der Waals surface area contributed by atoms with Crippen LogP contribution in [0, 0.1) is 5.41 Å². The number of fused-ring (bicyclic) bond motifs is 1. The Balaban J connectivity index is 2.40. The number of methoxy groups -OCH3 is 1. The number of nitrogens with two attached hydrogens (primary N) is 1. The summed E-state index contributed by atoms with van der Waals surface area (Å²) in [6.07, 6.45) is 0. The molecule has 0 spiro atoms. The Morgan fingerprint density at radius 3 is 2.62 bits per heavy atom. The van der Waals surface area contributed by atoms with E-state index < -0.39 is 23.0 Å². The van der Waals surface area contributed by atoms with Crippen molar-refractivity contribution in [3.05, 3.63) is 23.8 Å². The number of nitrogens with one attached hydrogen (secondary N) is 1. The van der Waals surface area contributed by atoms with Crippen LogP contribution >= 0.6 is 0 Å². The summed E-state index contributed by atoms with van der Waals surface area (Å²) >= 11 is 0. The highest BCUT2D eigenvalue weighted by molar-refractivity contribution is 6.52. The third-order valence-electron chi connectivity index (χ3n) is 3.48. The molecule has 0 fully saturated rings. The maximum absolute atomic E-state index is 12.1. The third kappa shape index (κ3) is 2.47. The van der Waals surface area contributed by atoms with Gasteiger partial charge in [0.25, 0.3) is 11.7 Å². The van der Waals surface area contributed by atoms with Crippen LogP contribution in [0.25, 0.3) is 0 Å². The normalized spacial score (nSPS) is 14.2. The average molecular weight is 291 g/mol. The number of Topliss-reactive ketones (excluding diaryl/α,β-unsaturated/α-hetero) is 1. The fourth-order valence-corrected chi connectivity index (χ4v) is 2.22. The number of ether oxygens (including phenoxy) is 1. The van der Waals surface area contributed by atoms with Gasteiger partial charge in [-0.1, -0.05) is 0 Å². The fourth-order valence-electron chi connectivity index (χ4n) is 2.22. The number of benzene rings is 1. The minimum atomic E-state index is -0.935. The van der Waals surface area contributed by atoms with E-state index >= 15 is 0 Å². The molecule has 1 aliphatic rings. The minimum Gasteiger partial charge on any atom is -0.497 e. The molecule has 7 heteroatoms. The van der Waals surface area contributed by atoms with E-state index in [0.29, 0.717) is 17.0 Å². The summed E-state index contributed by atoms with van der Waals surface area (Å²) in [6.45, 7) is 3.33. The Kier molecular flexibility index (Phi) is 3.69. The van der Waals surface area contributed by atoms with Gasteiger partial charge in [0.2, 0.25) is 5.91 Å². The Morgan fingerprint density at radius 2 is 2.05 bits per heavy atom. The van der Waals surface area contributed by atoms with Crippen LogP contribution < -0.4 is 20.9 Å². The van der Waals surface area contributed by atoms with Crippen LogP contribution in [0.2, 0.25) is 0 Å². The molecule has 21 heavy (non-hydrogen) atoms. The average Bonchev–Trinajstić information content (AvgIpc) is 2.70. The van der Waals surface area contributed by atoms with Gasteiger partial charge in [-0.15, -0.1) is 0 Å². The summed E-state index contributed by atoms with van der Waals surface area (Å²) in [5.41, 5.74) is 1.89. The van der Waals surface area contributed by atoms with Crippen molar-refractivity contribution in [2.24, 2.45) is 11.3 Å². The first-order chi connectivity index (χ1) is 9.81. The summed E-state index contributed by atoms with van der Waals surface area (Å²) in [6, 6.07) is 4.77. The monoisotopic (exact) mass is 291 g/mol. The van der Waals surface area contributed by atoms with Gasteiger partial charge >= 0.3 is 0 Å². The molecule has 2 amide bonds. The molecule has 112 valence electrons. The number of rotatable bonds is 4. The number of ketones is 1. The zero-order valence-electron chi connectivity index (χ0n) is 12.1. The molecule has 0 aliphatic carbocycles. The lowest BCUT2D eigenvalue weighted by molar-refractivity contribution is -0.129. The van der Waals surface area contributed by atoms with Crippen LogP contribution in [0.4, 0.5) is 5.69 Å². The van der Waals surface area contributed by atoms with Crippen LogP contribution in [0.15, 0.2) is 18.2 Å². The van der Waals surface area contributed by atoms with Crippen molar-refractivity contribution in [2.75, 3.05) is 18.6 Å². The molecular formula is C14H17N3O4. The van der Waals surface area contributed by atoms with E-state index in [2.05, 4.69) is 5.43 Å². The number of carbonyl (C=O) groups excluding carboxylic acids is 3. The third-order valence-corrected chi connectivity index (χ3v) is 3.48. The Labute approximate surface area is 122 Å². The molecule has 1 aromatic carbocycles. The van der Waals surface area contributed by atoms with Gasteiger partial charge in [0.15, 0.2) is 0 Å². The molecule has 0 atom stereocenters. The van der Waals surface area contributed by atoms with E-state index in [1.807, 2.05) is 0 Å². The first-order valence-electron chi connectivity index (χ1n) is 6.37. The molecule has 0 saturated heterocycles. The van der Waals surface area contributed by atoms with Crippen molar-refractivity contribution in [2.45, 2.75) is 13.8 Å². The van der Waals surface area contributed by atoms with Crippen molar-refractivity contribution in [1.29, 1.82) is 0 Å². The molecule has 7 nitrogen and oxygen atoms in total.